The van der Waals surface area contributed by atoms with Crippen LogP contribution < -0.4 is 10.1 Å². The molecule has 0 fully saturated rings. The van der Waals surface area contributed by atoms with Crippen LogP contribution in [0.1, 0.15) is 62.3 Å². The normalized spacial score (nSPS) is 12.6. The highest BCUT2D eigenvalue weighted by atomic mass is 79.9. The molecule has 0 aliphatic carbocycles. The van der Waals surface area contributed by atoms with Crippen LogP contribution in [0.5, 0.6) is 5.75 Å². The van der Waals surface area contributed by atoms with Crippen molar-refractivity contribution < 1.29 is 14.3 Å². The minimum absolute atomic E-state index is 0.00265. The fourth-order valence-corrected chi connectivity index (χ4v) is 4.69. The van der Waals surface area contributed by atoms with Gasteiger partial charge in [-0.1, -0.05) is 81.4 Å². The molecule has 0 aromatic heterocycles. The summed E-state index contributed by atoms with van der Waals surface area (Å²) in [5.74, 6) is 0.581. The molecular formula is C32H39BrN2O3. The Hall–Kier alpha value is -3.12. The van der Waals surface area contributed by atoms with E-state index in [-0.39, 0.29) is 24.5 Å². The SMILES string of the molecule is CCC(C)NC(=O)C(Cc1ccccc1)N(Cc1ccccc1C)C(=O)COc1ccc(C(C)C)cc1Br. The smallest absolute Gasteiger partial charge is 0.261 e. The summed E-state index contributed by atoms with van der Waals surface area (Å²) in [5, 5.41) is 3.10. The van der Waals surface area contributed by atoms with Gasteiger partial charge in [0.1, 0.15) is 11.8 Å². The zero-order chi connectivity index (χ0) is 27.7. The second kappa shape index (κ2) is 14.1. The van der Waals surface area contributed by atoms with Crippen molar-refractivity contribution in [2.24, 2.45) is 0 Å². The van der Waals surface area contributed by atoms with Crippen molar-refractivity contribution in [1.82, 2.24) is 10.2 Å². The van der Waals surface area contributed by atoms with E-state index in [9.17, 15) is 9.59 Å². The average molecular weight is 580 g/mol. The van der Waals surface area contributed by atoms with E-state index in [0.29, 0.717) is 24.6 Å². The molecule has 0 heterocycles. The summed E-state index contributed by atoms with van der Waals surface area (Å²) < 4.78 is 6.80. The summed E-state index contributed by atoms with van der Waals surface area (Å²) in [7, 11) is 0. The van der Waals surface area contributed by atoms with Gasteiger partial charge in [0.15, 0.2) is 6.61 Å². The molecule has 3 aromatic carbocycles. The number of amides is 2. The van der Waals surface area contributed by atoms with E-state index in [4.69, 9.17) is 4.74 Å². The average Bonchev–Trinajstić information content (AvgIpc) is 2.91. The number of ether oxygens (including phenoxy) is 1. The molecule has 0 spiro atoms. The molecule has 6 heteroatoms. The molecule has 5 nitrogen and oxygen atoms in total. The van der Waals surface area contributed by atoms with Crippen molar-refractivity contribution >= 4 is 27.7 Å². The Morgan fingerprint density at radius 3 is 2.29 bits per heavy atom. The van der Waals surface area contributed by atoms with Gasteiger partial charge >= 0.3 is 0 Å². The van der Waals surface area contributed by atoms with E-state index < -0.39 is 6.04 Å². The van der Waals surface area contributed by atoms with E-state index >= 15 is 0 Å². The molecule has 38 heavy (non-hydrogen) atoms. The zero-order valence-electron chi connectivity index (χ0n) is 23.0. The summed E-state index contributed by atoms with van der Waals surface area (Å²) in [6, 6.07) is 23.0. The van der Waals surface area contributed by atoms with Crippen LogP contribution in [0.25, 0.3) is 0 Å². The lowest BCUT2D eigenvalue weighted by Gasteiger charge is -2.32. The third-order valence-corrected chi connectivity index (χ3v) is 7.47. The molecule has 3 rings (SSSR count). The Balaban J connectivity index is 1.92. The van der Waals surface area contributed by atoms with E-state index in [2.05, 4.69) is 35.1 Å². The molecule has 0 bridgehead atoms. The lowest BCUT2D eigenvalue weighted by molar-refractivity contribution is -0.143. The van der Waals surface area contributed by atoms with E-state index in [1.54, 1.807) is 4.90 Å². The quantitative estimate of drug-likeness (QED) is 0.256. The lowest BCUT2D eigenvalue weighted by atomic mass is 10.0. The summed E-state index contributed by atoms with van der Waals surface area (Å²) in [6.07, 6.45) is 1.21. The number of nitrogens with one attached hydrogen (secondary N) is 1. The van der Waals surface area contributed by atoms with Gasteiger partial charge in [-0.2, -0.15) is 0 Å². The molecule has 0 saturated heterocycles. The van der Waals surface area contributed by atoms with Gasteiger partial charge in [0.25, 0.3) is 5.91 Å². The maximum Gasteiger partial charge on any atom is 0.261 e. The van der Waals surface area contributed by atoms with Crippen LogP contribution >= 0.6 is 15.9 Å². The minimum atomic E-state index is -0.686. The highest BCUT2D eigenvalue weighted by Crippen LogP contribution is 2.29. The van der Waals surface area contributed by atoms with Crippen molar-refractivity contribution in [3.8, 4) is 5.75 Å². The van der Waals surface area contributed by atoms with Gasteiger partial charge in [-0.05, 0) is 76.5 Å². The molecule has 0 aliphatic rings. The van der Waals surface area contributed by atoms with Crippen LogP contribution in [0.2, 0.25) is 0 Å². The second-order valence-corrected chi connectivity index (χ2v) is 11.0. The Morgan fingerprint density at radius 1 is 0.974 bits per heavy atom. The number of carbonyl (C=O) groups is 2. The second-order valence-electron chi connectivity index (χ2n) is 10.1. The first-order valence-corrected chi connectivity index (χ1v) is 14.1. The fourth-order valence-electron chi connectivity index (χ4n) is 4.18. The van der Waals surface area contributed by atoms with Gasteiger partial charge in [0.2, 0.25) is 5.91 Å². The lowest BCUT2D eigenvalue weighted by Crippen LogP contribution is -2.53. The predicted molar refractivity (Wildman–Crippen MR) is 157 cm³/mol. The first-order chi connectivity index (χ1) is 18.2. The van der Waals surface area contributed by atoms with E-state index in [0.717, 1.165) is 27.6 Å². The number of hydrogen-bond donors (Lipinski definition) is 1. The van der Waals surface area contributed by atoms with E-state index in [1.807, 2.05) is 93.6 Å². The van der Waals surface area contributed by atoms with Crippen molar-refractivity contribution in [3.05, 3.63) is 99.5 Å². The molecule has 2 unspecified atom stereocenters. The highest BCUT2D eigenvalue weighted by molar-refractivity contribution is 9.10. The number of nitrogens with zero attached hydrogens (tertiary/aromatic N) is 1. The van der Waals surface area contributed by atoms with Crippen molar-refractivity contribution in [2.75, 3.05) is 6.61 Å². The number of benzene rings is 3. The van der Waals surface area contributed by atoms with Crippen LogP contribution in [0.15, 0.2) is 77.3 Å². The third kappa shape index (κ3) is 8.19. The number of halogens is 1. The monoisotopic (exact) mass is 578 g/mol. The fraction of sp³-hybridized carbons (Fsp3) is 0.375. The topological polar surface area (TPSA) is 58.6 Å². The Kier molecular flexibility index (Phi) is 11.0. The van der Waals surface area contributed by atoms with Gasteiger partial charge in [-0.3, -0.25) is 9.59 Å². The number of carbonyl (C=O) groups excluding carboxylic acids is 2. The van der Waals surface area contributed by atoms with Crippen LogP contribution in [-0.2, 0) is 22.6 Å². The van der Waals surface area contributed by atoms with Crippen LogP contribution in [-0.4, -0.2) is 35.4 Å². The number of rotatable bonds is 12. The molecule has 0 aliphatic heterocycles. The van der Waals surface area contributed by atoms with E-state index in [1.165, 1.54) is 5.56 Å². The van der Waals surface area contributed by atoms with Gasteiger partial charge in [-0.15, -0.1) is 0 Å². The van der Waals surface area contributed by atoms with Gasteiger partial charge in [-0.25, -0.2) is 0 Å². The molecular weight excluding hydrogens is 540 g/mol. The Labute approximate surface area is 235 Å². The first-order valence-electron chi connectivity index (χ1n) is 13.3. The number of hydrogen-bond acceptors (Lipinski definition) is 3. The summed E-state index contributed by atoms with van der Waals surface area (Å²) in [4.78, 5) is 29.1. The highest BCUT2D eigenvalue weighted by Gasteiger charge is 2.31. The minimum Gasteiger partial charge on any atom is -0.483 e. The van der Waals surface area contributed by atoms with Crippen LogP contribution in [0.3, 0.4) is 0 Å². The van der Waals surface area contributed by atoms with Crippen molar-refractivity contribution in [2.45, 2.75) is 72.0 Å². The zero-order valence-corrected chi connectivity index (χ0v) is 24.6. The van der Waals surface area contributed by atoms with Gasteiger partial charge in [0.05, 0.1) is 4.47 Å². The molecule has 2 atom stereocenters. The van der Waals surface area contributed by atoms with Crippen molar-refractivity contribution in [1.29, 1.82) is 0 Å². The number of aryl methyl sites for hydroxylation is 1. The van der Waals surface area contributed by atoms with Gasteiger partial charge < -0.3 is 15.0 Å². The molecule has 3 aromatic rings. The standard InChI is InChI=1S/C32H39BrN2O3/c1-6-24(5)34-32(37)29(18-25-13-8-7-9-14-25)35(20-27-15-11-10-12-23(27)4)31(36)21-38-30-17-16-26(22(2)3)19-28(30)33/h7-17,19,22,24,29H,6,18,20-21H2,1-5H3,(H,34,37). The molecule has 1 N–H and O–H groups in total. The first kappa shape index (κ1) is 29.4. The molecule has 202 valence electrons. The third-order valence-electron chi connectivity index (χ3n) is 6.85. The maximum absolute atomic E-state index is 13.8. The Bertz CT molecular complexity index is 1210. The van der Waals surface area contributed by atoms with Crippen molar-refractivity contribution in [3.63, 3.8) is 0 Å². The van der Waals surface area contributed by atoms with Crippen LogP contribution in [0, 0.1) is 6.92 Å². The molecule has 2 amide bonds. The maximum atomic E-state index is 13.8. The van der Waals surface area contributed by atoms with Gasteiger partial charge in [0, 0.05) is 19.0 Å². The summed E-state index contributed by atoms with van der Waals surface area (Å²) in [6.45, 7) is 10.4. The Morgan fingerprint density at radius 2 is 1.66 bits per heavy atom. The molecule has 0 radical (unpaired) electrons. The molecule has 0 saturated carbocycles. The predicted octanol–water partition coefficient (Wildman–Crippen LogP) is 6.81. The summed E-state index contributed by atoms with van der Waals surface area (Å²) in [5.41, 5.74) is 4.24. The largest absolute Gasteiger partial charge is 0.483 e. The summed E-state index contributed by atoms with van der Waals surface area (Å²) >= 11 is 3.58. The van der Waals surface area contributed by atoms with Crippen LogP contribution in [0.4, 0.5) is 0 Å².